The van der Waals surface area contributed by atoms with Gasteiger partial charge in [0.2, 0.25) is 6.41 Å². The topological polar surface area (TPSA) is 221 Å². The van der Waals surface area contributed by atoms with Gasteiger partial charge in [-0.05, 0) is 5.57 Å². The summed E-state index contributed by atoms with van der Waals surface area (Å²) in [6.07, 6.45) is 0.349. The molecule has 3 heterocycles. The van der Waals surface area contributed by atoms with E-state index in [0.29, 0.717) is 6.41 Å². The molecule has 0 radical (unpaired) electrons. The van der Waals surface area contributed by atoms with E-state index in [1.54, 1.807) is 0 Å². The first-order valence-electron chi connectivity index (χ1n) is 9.11. The summed E-state index contributed by atoms with van der Waals surface area (Å²) in [6.45, 7) is -0.132. The van der Waals surface area contributed by atoms with Crippen LogP contribution in [0, 0.1) is 0 Å². The van der Waals surface area contributed by atoms with Gasteiger partial charge in [-0.25, -0.2) is 18.2 Å². The van der Waals surface area contributed by atoms with Crippen molar-refractivity contribution in [1.29, 1.82) is 0 Å². The lowest BCUT2D eigenvalue weighted by Gasteiger charge is -2.49. The number of aromatic nitrogens is 1. The predicted molar refractivity (Wildman–Crippen MR) is 117 cm³/mol. The number of carboxylic acids is 1. The van der Waals surface area contributed by atoms with E-state index in [-0.39, 0.29) is 28.7 Å². The smallest absolute Gasteiger partial charge is 0.352 e. The Morgan fingerprint density at radius 3 is 2.73 bits per heavy atom. The number of carboxylic acid groups (broad SMARTS) is 1. The fourth-order valence-electron chi connectivity index (χ4n) is 3.22. The molecule has 0 bridgehead atoms. The molecule has 2 atom stereocenters. The summed E-state index contributed by atoms with van der Waals surface area (Å²) in [6, 6.07) is -1.13. The Kier molecular flexibility index (Phi) is 7.23. The molecule has 1 unspecified atom stereocenters. The lowest BCUT2D eigenvalue weighted by Crippen LogP contribution is -2.71. The van der Waals surface area contributed by atoms with Crippen molar-refractivity contribution in [1.82, 2.24) is 20.5 Å². The van der Waals surface area contributed by atoms with Crippen molar-refractivity contribution in [3.63, 3.8) is 0 Å². The fraction of sp³-hybridized carbons (Fsp3) is 0.375. The number of rotatable bonds is 10. The van der Waals surface area contributed by atoms with Gasteiger partial charge >= 0.3 is 5.97 Å². The highest BCUT2D eigenvalue weighted by Crippen LogP contribution is 2.40. The first kappa shape index (κ1) is 24.5. The van der Waals surface area contributed by atoms with Crippen molar-refractivity contribution < 1.29 is 37.9 Å². The molecule has 1 aromatic heterocycles. The second kappa shape index (κ2) is 9.75. The Hall–Kier alpha value is -3.18. The number of β-lactam (4-membered cyclic amide) rings is 1. The van der Waals surface area contributed by atoms with E-state index in [1.165, 1.54) is 5.38 Å². The van der Waals surface area contributed by atoms with Gasteiger partial charge in [-0.15, -0.1) is 23.1 Å². The largest absolute Gasteiger partial charge is 0.477 e. The van der Waals surface area contributed by atoms with Gasteiger partial charge in [0, 0.05) is 17.7 Å². The molecular weight excluding hydrogens is 500 g/mol. The van der Waals surface area contributed by atoms with Crippen molar-refractivity contribution >= 4 is 68.0 Å². The standard InChI is InChI=1S/C16H18N6O8S3/c17-16-19-8(4-32-16)9(21-28)12(24)20-10-13(25)22-11(15(26)27)7(3-31-14(10)22)5-33(29,30)2-1-18-6-23/h4,6,10,14,28H,1-3,5H2,(H2,17,19)(H,18,23)(H,20,24)(H,26,27)/b21-9-/t10?,14-/m1/s1. The second-order valence-electron chi connectivity index (χ2n) is 6.80. The summed E-state index contributed by atoms with van der Waals surface area (Å²) >= 11 is 2.09. The number of hydrogen-bond acceptors (Lipinski definition) is 12. The molecule has 1 aromatic rings. The Morgan fingerprint density at radius 1 is 1.42 bits per heavy atom. The zero-order chi connectivity index (χ0) is 24.3. The summed E-state index contributed by atoms with van der Waals surface area (Å²) < 4.78 is 24.6. The average Bonchev–Trinajstić information content (AvgIpc) is 3.17. The first-order valence-corrected chi connectivity index (χ1v) is 12.9. The number of aliphatic carboxylic acids is 1. The molecule has 33 heavy (non-hydrogen) atoms. The van der Waals surface area contributed by atoms with Crippen molar-refractivity contribution in [2.24, 2.45) is 5.16 Å². The minimum Gasteiger partial charge on any atom is -0.477 e. The molecule has 178 valence electrons. The number of carbonyl (C=O) groups is 4. The third-order valence-corrected chi connectivity index (χ3v) is 8.28. The van der Waals surface area contributed by atoms with Crippen molar-refractivity contribution in [2.45, 2.75) is 11.4 Å². The van der Waals surface area contributed by atoms with E-state index in [4.69, 9.17) is 5.73 Å². The van der Waals surface area contributed by atoms with Gasteiger partial charge in [0.05, 0.1) is 11.5 Å². The van der Waals surface area contributed by atoms with Crippen LogP contribution in [0.1, 0.15) is 5.69 Å². The summed E-state index contributed by atoms with van der Waals surface area (Å²) in [5, 5.41) is 27.0. The summed E-state index contributed by atoms with van der Waals surface area (Å²) in [5.74, 6) is -4.16. The van der Waals surface area contributed by atoms with Crippen LogP contribution in [0.2, 0.25) is 0 Å². The first-order chi connectivity index (χ1) is 15.6. The van der Waals surface area contributed by atoms with Crippen LogP contribution in [-0.2, 0) is 29.0 Å². The van der Waals surface area contributed by atoms with Crippen LogP contribution in [-0.4, -0.2) is 93.7 Å². The number of thioether (sulfide) groups is 1. The van der Waals surface area contributed by atoms with E-state index in [0.717, 1.165) is 28.0 Å². The summed E-state index contributed by atoms with van der Waals surface area (Å²) in [7, 11) is -3.75. The SMILES string of the molecule is Nc1nc(/C(=N/O)C(=O)NC2C(=O)N3C(C(=O)O)=C(CS(=O)(=O)CCNC=O)CS[C@H]23)cs1. The van der Waals surface area contributed by atoms with Gasteiger partial charge in [0.15, 0.2) is 20.7 Å². The molecule has 1 saturated heterocycles. The van der Waals surface area contributed by atoms with Gasteiger partial charge < -0.3 is 26.7 Å². The van der Waals surface area contributed by atoms with Crippen LogP contribution >= 0.6 is 23.1 Å². The number of nitrogens with zero attached hydrogens (tertiary/aromatic N) is 3. The monoisotopic (exact) mass is 518 g/mol. The highest BCUT2D eigenvalue weighted by Gasteiger charge is 2.54. The third kappa shape index (κ3) is 5.09. The number of fused-ring (bicyclic) bond motifs is 1. The number of amides is 3. The Balaban J connectivity index is 1.76. The fourth-order valence-corrected chi connectivity index (χ4v) is 6.59. The average molecular weight is 519 g/mol. The van der Waals surface area contributed by atoms with Crippen molar-refractivity contribution in [3.05, 3.63) is 22.3 Å². The molecule has 17 heteroatoms. The van der Waals surface area contributed by atoms with Crippen molar-refractivity contribution in [2.75, 3.05) is 29.5 Å². The summed E-state index contributed by atoms with van der Waals surface area (Å²) in [4.78, 5) is 52.1. The Bertz CT molecular complexity index is 1160. The summed E-state index contributed by atoms with van der Waals surface area (Å²) in [5.41, 5.74) is 4.61. The maximum atomic E-state index is 12.7. The molecule has 2 aliphatic heterocycles. The Morgan fingerprint density at radius 2 is 2.15 bits per heavy atom. The molecule has 1 fully saturated rings. The highest BCUT2D eigenvalue weighted by atomic mass is 32.2. The Labute approximate surface area is 194 Å². The molecule has 6 N–H and O–H groups in total. The van der Waals surface area contributed by atoms with E-state index in [1.807, 2.05) is 0 Å². The molecule has 2 aliphatic rings. The lowest BCUT2D eigenvalue weighted by molar-refractivity contribution is -0.150. The zero-order valence-electron chi connectivity index (χ0n) is 16.6. The van der Waals surface area contributed by atoms with E-state index < -0.39 is 62.0 Å². The number of anilines is 1. The number of sulfone groups is 1. The minimum atomic E-state index is -3.75. The molecule has 3 rings (SSSR count). The van der Waals surface area contributed by atoms with Crippen LogP contribution in [0.5, 0.6) is 0 Å². The lowest BCUT2D eigenvalue weighted by atomic mass is 10.0. The molecule has 0 aromatic carbocycles. The van der Waals surface area contributed by atoms with Crippen LogP contribution in [0.15, 0.2) is 21.8 Å². The molecule has 0 aliphatic carbocycles. The number of thiazole rings is 1. The van der Waals surface area contributed by atoms with E-state index >= 15 is 0 Å². The maximum absolute atomic E-state index is 12.7. The number of nitrogens with two attached hydrogens (primary N) is 1. The number of nitrogen functional groups attached to an aromatic ring is 1. The quantitative estimate of drug-likeness (QED) is 0.0558. The number of oxime groups is 1. The van der Waals surface area contributed by atoms with E-state index in [2.05, 4.69) is 20.8 Å². The van der Waals surface area contributed by atoms with Crippen LogP contribution in [0.25, 0.3) is 0 Å². The zero-order valence-corrected chi connectivity index (χ0v) is 19.1. The number of carbonyl (C=O) groups excluding carboxylic acids is 3. The van der Waals surface area contributed by atoms with Gasteiger partial charge in [-0.1, -0.05) is 5.16 Å². The molecule has 0 saturated carbocycles. The number of nitrogens with one attached hydrogen (secondary N) is 2. The second-order valence-corrected chi connectivity index (χ2v) is 11.0. The van der Waals surface area contributed by atoms with Crippen LogP contribution in [0.4, 0.5) is 5.13 Å². The normalized spacial score (nSPS) is 20.7. The number of hydrogen-bond donors (Lipinski definition) is 5. The van der Waals surface area contributed by atoms with Crippen molar-refractivity contribution in [3.8, 4) is 0 Å². The van der Waals surface area contributed by atoms with E-state index in [9.17, 15) is 37.9 Å². The third-order valence-electron chi connectivity index (χ3n) is 4.65. The van der Waals surface area contributed by atoms with Gasteiger partial charge in [0.1, 0.15) is 22.8 Å². The van der Waals surface area contributed by atoms with Gasteiger partial charge in [-0.3, -0.25) is 19.3 Å². The minimum absolute atomic E-state index is 0.000100. The molecule has 3 amide bonds. The molecule has 0 spiro atoms. The highest BCUT2D eigenvalue weighted by molar-refractivity contribution is 8.00. The maximum Gasteiger partial charge on any atom is 0.352 e. The van der Waals surface area contributed by atoms with Crippen LogP contribution in [0.3, 0.4) is 0 Å². The van der Waals surface area contributed by atoms with Gasteiger partial charge in [-0.2, -0.15) is 0 Å². The predicted octanol–water partition coefficient (Wildman–Crippen LogP) is -2.20. The van der Waals surface area contributed by atoms with Crippen LogP contribution < -0.4 is 16.4 Å². The molecule has 14 nitrogen and oxygen atoms in total. The van der Waals surface area contributed by atoms with Gasteiger partial charge in [0.25, 0.3) is 11.8 Å². The molecular formula is C16H18N6O8S3.